The molecule has 0 saturated carbocycles. The van der Waals surface area contributed by atoms with Gasteiger partial charge >= 0.3 is 0 Å². The maximum absolute atomic E-state index is 13.4. The zero-order valence-electron chi connectivity index (χ0n) is 14.3. The van der Waals surface area contributed by atoms with Crippen molar-refractivity contribution in [1.29, 1.82) is 5.26 Å². The molecule has 0 amide bonds. The van der Waals surface area contributed by atoms with Gasteiger partial charge in [-0.2, -0.15) is 5.26 Å². The van der Waals surface area contributed by atoms with Crippen molar-refractivity contribution in [2.24, 2.45) is 0 Å². The summed E-state index contributed by atoms with van der Waals surface area (Å²) in [5.74, 6) is -0.194. The molecule has 0 heterocycles. The molecule has 0 fully saturated rings. The van der Waals surface area contributed by atoms with E-state index in [0.29, 0.717) is 0 Å². The van der Waals surface area contributed by atoms with Crippen molar-refractivity contribution in [2.45, 2.75) is 31.1 Å². The molecule has 24 heavy (non-hydrogen) atoms. The Morgan fingerprint density at radius 2 is 1.92 bits per heavy atom. The number of benzene rings is 2. The Hall–Kier alpha value is -2.18. The Bertz CT molecular complexity index is 758. The molecule has 124 valence electrons. The number of aryl methyl sites for hydroxylation is 1. The van der Waals surface area contributed by atoms with Crippen LogP contribution in [-0.4, -0.2) is 25.5 Å². The minimum absolute atomic E-state index is 0.0625. The number of hydrogen-bond acceptors (Lipinski definition) is 2. The molecule has 3 rings (SSSR count). The van der Waals surface area contributed by atoms with Crippen molar-refractivity contribution in [3.63, 3.8) is 0 Å². The first-order chi connectivity index (χ1) is 11.5. The van der Waals surface area contributed by atoms with E-state index in [0.717, 1.165) is 37.8 Å². The van der Waals surface area contributed by atoms with Gasteiger partial charge < -0.3 is 4.90 Å². The van der Waals surface area contributed by atoms with Crippen molar-refractivity contribution in [3.8, 4) is 6.07 Å². The molecular formula is C21H23FN2. The lowest BCUT2D eigenvalue weighted by Crippen LogP contribution is -2.26. The fourth-order valence-corrected chi connectivity index (χ4v) is 3.99. The zero-order chi connectivity index (χ0) is 17.2. The van der Waals surface area contributed by atoms with Gasteiger partial charge in [-0.05, 0) is 87.3 Å². The monoisotopic (exact) mass is 322 g/mol. The summed E-state index contributed by atoms with van der Waals surface area (Å²) in [5, 5.41) is 9.15. The van der Waals surface area contributed by atoms with Crippen LogP contribution in [0.5, 0.6) is 0 Å². The van der Waals surface area contributed by atoms with Gasteiger partial charge in [0, 0.05) is 5.41 Å². The first-order valence-corrected chi connectivity index (χ1v) is 8.49. The molecular weight excluding hydrogens is 299 g/mol. The zero-order valence-corrected chi connectivity index (χ0v) is 14.3. The summed E-state index contributed by atoms with van der Waals surface area (Å²) in [6.07, 6.45) is 4.13. The van der Waals surface area contributed by atoms with Crippen LogP contribution in [0.15, 0.2) is 42.5 Å². The molecule has 0 aromatic heterocycles. The molecule has 0 radical (unpaired) electrons. The topological polar surface area (TPSA) is 27.0 Å². The van der Waals surface area contributed by atoms with E-state index in [-0.39, 0.29) is 11.2 Å². The quantitative estimate of drug-likeness (QED) is 0.822. The van der Waals surface area contributed by atoms with Gasteiger partial charge in [0.1, 0.15) is 5.82 Å². The summed E-state index contributed by atoms with van der Waals surface area (Å²) in [4.78, 5) is 2.20. The van der Waals surface area contributed by atoms with Gasteiger partial charge in [0.2, 0.25) is 0 Å². The lowest BCUT2D eigenvalue weighted by Gasteiger charge is -2.32. The van der Waals surface area contributed by atoms with E-state index in [1.165, 1.54) is 16.7 Å². The van der Waals surface area contributed by atoms with E-state index in [4.69, 9.17) is 5.26 Å². The molecule has 0 saturated heterocycles. The molecule has 0 spiro atoms. The van der Waals surface area contributed by atoms with Crippen LogP contribution in [0.25, 0.3) is 0 Å². The molecule has 0 N–H and O–H groups in total. The van der Waals surface area contributed by atoms with Gasteiger partial charge in [-0.1, -0.05) is 18.2 Å². The summed E-state index contributed by atoms with van der Waals surface area (Å²) < 4.78 is 13.4. The number of fused-ring (bicyclic) bond motifs is 1. The molecule has 1 aliphatic carbocycles. The van der Waals surface area contributed by atoms with Crippen LogP contribution in [0.2, 0.25) is 0 Å². The van der Waals surface area contributed by atoms with Crippen LogP contribution < -0.4 is 0 Å². The van der Waals surface area contributed by atoms with Crippen molar-refractivity contribution in [1.82, 2.24) is 4.90 Å². The lowest BCUT2D eigenvalue weighted by molar-refractivity contribution is 0.359. The molecule has 1 aliphatic rings. The van der Waals surface area contributed by atoms with Crippen LogP contribution >= 0.6 is 0 Å². The smallest absolute Gasteiger partial charge is 0.123 e. The summed E-state index contributed by atoms with van der Waals surface area (Å²) in [5.41, 5.74) is 4.42. The Balaban J connectivity index is 2.02. The molecule has 0 aliphatic heterocycles. The van der Waals surface area contributed by atoms with Crippen LogP contribution in [-0.2, 0) is 11.8 Å². The van der Waals surface area contributed by atoms with Crippen molar-refractivity contribution in [2.75, 3.05) is 20.6 Å². The largest absolute Gasteiger partial charge is 0.309 e. The van der Waals surface area contributed by atoms with E-state index < -0.39 is 0 Å². The minimum atomic E-state index is -0.194. The van der Waals surface area contributed by atoms with E-state index in [1.54, 1.807) is 12.1 Å². The average Bonchev–Trinajstić information content (AvgIpc) is 2.94. The molecule has 1 atom stereocenters. The SMILES string of the molecule is CN(C)CCCC1(c2ccc(F)cc2)CCc2cc(C#N)ccc21. The Morgan fingerprint density at radius 3 is 2.58 bits per heavy atom. The van der Waals surface area contributed by atoms with Gasteiger partial charge in [-0.15, -0.1) is 0 Å². The summed E-state index contributed by atoms with van der Waals surface area (Å²) >= 11 is 0. The lowest BCUT2D eigenvalue weighted by atomic mass is 9.72. The second-order valence-corrected chi connectivity index (χ2v) is 6.98. The van der Waals surface area contributed by atoms with Crippen LogP contribution in [0.4, 0.5) is 4.39 Å². The normalized spacial score (nSPS) is 19.3. The Labute approximate surface area is 143 Å². The highest BCUT2D eigenvalue weighted by Gasteiger charge is 2.39. The number of nitriles is 1. The highest BCUT2D eigenvalue weighted by atomic mass is 19.1. The van der Waals surface area contributed by atoms with Gasteiger partial charge in [-0.25, -0.2) is 4.39 Å². The van der Waals surface area contributed by atoms with Crippen LogP contribution in [0.3, 0.4) is 0 Å². The van der Waals surface area contributed by atoms with E-state index in [1.807, 2.05) is 24.3 Å². The molecule has 3 heteroatoms. The van der Waals surface area contributed by atoms with Crippen LogP contribution in [0, 0.1) is 17.1 Å². The maximum atomic E-state index is 13.4. The number of rotatable bonds is 5. The van der Waals surface area contributed by atoms with Crippen molar-refractivity contribution in [3.05, 3.63) is 70.5 Å². The first-order valence-electron chi connectivity index (χ1n) is 8.49. The van der Waals surface area contributed by atoms with Gasteiger partial charge in [0.25, 0.3) is 0 Å². The van der Waals surface area contributed by atoms with E-state index in [2.05, 4.69) is 31.1 Å². The Kier molecular flexibility index (Phi) is 4.69. The second kappa shape index (κ2) is 6.75. The predicted octanol–water partition coefficient (Wildman–Crippen LogP) is 4.27. The minimum Gasteiger partial charge on any atom is -0.309 e. The number of halogens is 1. The van der Waals surface area contributed by atoms with Gasteiger partial charge in [0.15, 0.2) is 0 Å². The number of hydrogen-bond donors (Lipinski definition) is 0. The fraction of sp³-hybridized carbons (Fsp3) is 0.381. The average molecular weight is 322 g/mol. The summed E-state index contributed by atoms with van der Waals surface area (Å²) in [6.45, 7) is 1.04. The third-order valence-electron chi connectivity index (χ3n) is 5.18. The predicted molar refractivity (Wildman–Crippen MR) is 94.4 cm³/mol. The van der Waals surface area contributed by atoms with Crippen molar-refractivity contribution < 1.29 is 4.39 Å². The van der Waals surface area contributed by atoms with E-state index >= 15 is 0 Å². The molecule has 1 unspecified atom stereocenters. The fourth-order valence-electron chi connectivity index (χ4n) is 3.99. The summed E-state index contributed by atoms with van der Waals surface area (Å²) in [6, 6.07) is 15.3. The first kappa shape index (κ1) is 16.7. The number of nitrogens with zero attached hydrogens (tertiary/aromatic N) is 2. The molecule has 0 bridgehead atoms. The van der Waals surface area contributed by atoms with Crippen LogP contribution in [0.1, 0.15) is 41.5 Å². The third kappa shape index (κ3) is 3.07. The molecule has 2 aromatic carbocycles. The summed E-state index contributed by atoms with van der Waals surface area (Å²) in [7, 11) is 4.18. The maximum Gasteiger partial charge on any atom is 0.123 e. The third-order valence-corrected chi connectivity index (χ3v) is 5.18. The second-order valence-electron chi connectivity index (χ2n) is 6.98. The molecule has 2 aromatic rings. The van der Waals surface area contributed by atoms with Crippen molar-refractivity contribution >= 4 is 0 Å². The Morgan fingerprint density at radius 1 is 1.17 bits per heavy atom. The van der Waals surface area contributed by atoms with Gasteiger partial charge in [0.05, 0.1) is 11.6 Å². The highest BCUT2D eigenvalue weighted by Crippen LogP contribution is 2.47. The highest BCUT2D eigenvalue weighted by molar-refractivity contribution is 5.51. The standard InChI is InChI=1S/C21H23FN2/c1-24(2)13-3-11-21(18-5-7-19(22)8-6-18)12-10-17-14-16(15-23)4-9-20(17)21/h4-9,14H,3,10-13H2,1-2H3. The van der Waals surface area contributed by atoms with E-state index in [9.17, 15) is 4.39 Å². The van der Waals surface area contributed by atoms with Gasteiger partial charge in [-0.3, -0.25) is 0 Å². The molecule has 2 nitrogen and oxygen atoms in total.